The van der Waals surface area contributed by atoms with Gasteiger partial charge in [-0.2, -0.15) is 8.78 Å². The first-order valence-corrected chi connectivity index (χ1v) is 1.79. The zero-order valence-corrected chi connectivity index (χ0v) is 5.08. The van der Waals surface area contributed by atoms with E-state index in [0.29, 0.717) is 0 Å². The van der Waals surface area contributed by atoms with Crippen LogP contribution in [0.4, 0.5) is 8.78 Å². The molecule has 1 unspecified atom stereocenters. The Labute approximate surface area is 52.1 Å². The predicted molar refractivity (Wildman–Crippen MR) is 28.1 cm³/mol. The number of rotatable bonds is 1. The molecule has 0 heterocycles. The molecular weight excluding hydrogens is 139 g/mol. The van der Waals surface area contributed by atoms with E-state index in [1.54, 1.807) is 0 Å². The van der Waals surface area contributed by atoms with E-state index in [1.807, 2.05) is 0 Å². The van der Waals surface area contributed by atoms with E-state index in [1.165, 1.54) is 0 Å². The standard InChI is InChI=1S/C3H7F2NO.ClH/c1-2(7)3(4,5)6;/h2,7H,6H2,1H3;1H. The van der Waals surface area contributed by atoms with Crippen LogP contribution in [0.3, 0.4) is 0 Å². The van der Waals surface area contributed by atoms with Gasteiger partial charge in [-0.1, -0.05) is 0 Å². The number of hydrogen-bond donors (Lipinski definition) is 2. The van der Waals surface area contributed by atoms with Crippen LogP contribution in [0.5, 0.6) is 0 Å². The molecule has 2 nitrogen and oxygen atoms in total. The van der Waals surface area contributed by atoms with Crippen molar-refractivity contribution in [3.8, 4) is 0 Å². The van der Waals surface area contributed by atoms with Gasteiger partial charge in [0.15, 0.2) is 0 Å². The molecule has 0 rings (SSSR count). The van der Waals surface area contributed by atoms with Crippen LogP contribution in [-0.4, -0.2) is 17.3 Å². The summed E-state index contributed by atoms with van der Waals surface area (Å²) in [5, 5.41) is 8.01. The summed E-state index contributed by atoms with van der Waals surface area (Å²) < 4.78 is 22.7. The lowest BCUT2D eigenvalue weighted by Crippen LogP contribution is -2.40. The van der Waals surface area contributed by atoms with E-state index >= 15 is 0 Å². The zero-order chi connectivity index (χ0) is 6.08. The van der Waals surface area contributed by atoms with Gasteiger partial charge in [-0.25, -0.2) is 0 Å². The molecule has 3 N–H and O–H groups in total. The van der Waals surface area contributed by atoms with E-state index in [-0.39, 0.29) is 12.4 Å². The highest BCUT2D eigenvalue weighted by Gasteiger charge is 2.28. The first-order valence-electron chi connectivity index (χ1n) is 1.79. The minimum atomic E-state index is -3.44. The van der Waals surface area contributed by atoms with Crippen LogP contribution in [0.15, 0.2) is 0 Å². The van der Waals surface area contributed by atoms with E-state index < -0.39 is 12.2 Å². The zero-order valence-electron chi connectivity index (χ0n) is 4.27. The van der Waals surface area contributed by atoms with Crippen molar-refractivity contribution in [2.24, 2.45) is 5.73 Å². The van der Waals surface area contributed by atoms with Crippen molar-refractivity contribution in [2.45, 2.75) is 19.1 Å². The van der Waals surface area contributed by atoms with Gasteiger partial charge >= 0.3 is 6.05 Å². The molecule has 5 heteroatoms. The molecular formula is C3H8ClF2NO. The third-order valence-corrected chi connectivity index (χ3v) is 0.557. The smallest absolute Gasteiger partial charge is 0.325 e. The number of aliphatic hydroxyl groups is 1. The van der Waals surface area contributed by atoms with E-state index in [9.17, 15) is 8.78 Å². The molecule has 0 aliphatic carbocycles. The second-order valence-corrected chi connectivity index (χ2v) is 1.35. The van der Waals surface area contributed by atoms with Gasteiger partial charge in [-0.05, 0) is 6.92 Å². The first-order chi connectivity index (χ1) is 2.94. The number of halogens is 3. The van der Waals surface area contributed by atoms with Crippen LogP contribution in [-0.2, 0) is 0 Å². The molecule has 52 valence electrons. The minimum absolute atomic E-state index is 0. The summed E-state index contributed by atoms with van der Waals surface area (Å²) in [4.78, 5) is 0. The normalized spacial score (nSPS) is 14.6. The van der Waals surface area contributed by atoms with E-state index in [0.717, 1.165) is 6.92 Å². The maximum atomic E-state index is 11.4. The summed E-state index contributed by atoms with van der Waals surface area (Å²) in [5.74, 6) is 0. The van der Waals surface area contributed by atoms with Gasteiger partial charge in [0.05, 0.1) is 0 Å². The molecule has 0 radical (unpaired) electrons. The molecule has 0 fully saturated rings. The molecule has 0 bridgehead atoms. The Bertz CT molecular complexity index is 62.8. The fourth-order valence-corrected chi connectivity index (χ4v) is 0. The Morgan fingerprint density at radius 3 is 1.75 bits per heavy atom. The fraction of sp³-hybridized carbons (Fsp3) is 1.00. The molecule has 8 heavy (non-hydrogen) atoms. The topological polar surface area (TPSA) is 46.2 Å². The summed E-state index contributed by atoms with van der Waals surface area (Å²) in [7, 11) is 0. The van der Waals surface area contributed by atoms with Gasteiger partial charge in [0, 0.05) is 0 Å². The molecule has 0 aromatic rings. The highest BCUT2D eigenvalue weighted by Crippen LogP contribution is 2.08. The average molecular weight is 148 g/mol. The quantitative estimate of drug-likeness (QED) is 0.526. The van der Waals surface area contributed by atoms with Gasteiger partial charge in [-0.15, -0.1) is 12.4 Å². The largest absolute Gasteiger partial charge is 0.386 e. The Morgan fingerprint density at radius 1 is 1.62 bits per heavy atom. The fourth-order valence-electron chi connectivity index (χ4n) is 0. The molecule has 0 aliphatic heterocycles. The summed E-state index contributed by atoms with van der Waals surface area (Å²) in [5.41, 5.74) is 4.09. The van der Waals surface area contributed by atoms with Crippen molar-refractivity contribution < 1.29 is 13.9 Å². The molecule has 0 saturated carbocycles. The van der Waals surface area contributed by atoms with E-state index in [4.69, 9.17) is 5.11 Å². The van der Waals surface area contributed by atoms with Crippen molar-refractivity contribution in [1.29, 1.82) is 0 Å². The number of aliphatic hydroxyl groups excluding tert-OH is 1. The third kappa shape index (κ3) is 4.23. The highest BCUT2D eigenvalue weighted by molar-refractivity contribution is 5.85. The van der Waals surface area contributed by atoms with Crippen LogP contribution in [0.25, 0.3) is 0 Å². The SMILES string of the molecule is CC(O)C(N)(F)F.Cl. The van der Waals surface area contributed by atoms with Gasteiger partial charge in [-0.3, -0.25) is 5.73 Å². The Balaban J connectivity index is 0. The minimum Gasteiger partial charge on any atom is -0.386 e. The van der Waals surface area contributed by atoms with Gasteiger partial charge in [0.25, 0.3) is 0 Å². The maximum Gasteiger partial charge on any atom is 0.325 e. The Morgan fingerprint density at radius 2 is 1.75 bits per heavy atom. The van der Waals surface area contributed by atoms with Crippen LogP contribution >= 0.6 is 12.4 Å². The summed E-state index contributed by atoms with van der Waals surface area (Å²) in [6, 6.07) is -3.44. The molecule has 0 aromatic heterocycles. The summed E-state index contributed by atoms with van der Waals surface area (Å²) >= 11 is 0. The first kappa shape index (κ1) is 10.9. The van der Waals surface area contributed by atoms with Crippen molar-refractivity contribution in [2.75, 3.05) is 0 Å². The van der Waals surface area contributed by atoms with Crippen LogP contribution in [0.2, 0.25) is 0 Å². The monoisotopic (exact) mass is 147 g/mol. The molecule has 0 spiro atoms. The lowest BCUT2D eigenvalue weighted by molar-refractivity contribution is -0.0940. The molecule has 0 aliphatic rings. The lowest BCUT2D eigenvalue weighted by atomic mass is 10.4. The van der Waals surface area contributed by atoms with Gasteiger partial charge < -0.3 is 5.11 Å². The lowest BCUT2D eigenvalue weighted by Gasteiger charge is -2.11. The molecule has 1 atom stereocenters. The molecule has 0 aromatic carbocycles. The molecule has 0 saturated heterocycles. The van der Waals surface area contributed by atoms with Gasteiger partial charge in [0.1, 0.15) is 6.10 Å². The average Bonchev–Trinajstić information content (AvgIpc) is 1.31. The van der Waals surface area contributed by atoms with Crippen molar-refractivity contribution in [3.63, 3.8) is 0 Å². The van der Waals surface area contributed by atoms with Crippen LogP contribution in [0, 0.1) is 0 Å². The van der Waals surface area contributed by atoms with Crippen molar-refractivity contribution >= 4 is 12.4 Å². The Hall–Kier alpha value is 0.0700. The predicted octanol–water partition coefficient (Wildman–Crippen LogP) is 0.341. The molecule has 0 amide bonds. The van der Waals surface area contributed by atoms with Gasteiger partial charge in [0.2, 0.25) is 0 Å². The number of hydrogen-bond acceptors (Lipinski definition) is 2. The second kappa shape index (κ2) is 3.17. The second-order valence-electron chi connectivity index (χ2n) is 1.35. The summed E-state index contributed by atoms with van der Waals surface area (Å²) in [6.07, 6.45) is -1.76. The Kier molecular flexibility index (Phi) is 4.33. The maximum absolute atomic E-state index is 11.4. The third-order valence-electron chi connectivity index (χ3n) is 0.557. The summed E-state index contributed by atoms with van der Waals surface area (Å²) in [6.45, 7) is 0.931. The highest BCUT2D eigenvalue weighted by atomic mass is 35.5. The number of nitrogens with two attached hydrogens (primary N) is 1. The number of alkyl halides is 2. The van der Waals surface area contributed by atoms with Crippen LogP contribution in [0.1, 0.15) is 6.92 Å². The van der Waals surface area contributed by atoms with Crippen molar-refractivity contribution in [1.82, 2.24) is 0 Å². The van der Waals surface area contributed by atoms with Crippen LogP contribution < -0.4 is 5.73 Å². The van der Waals surface area contributed by atoms with E-state index in [2.05, 4.69) is 5.73 Å². The van der Waals surface area contributed by atoms with Crippen molar-refractivity contribution in [3.05, 3.63) is 0 Å².